The minimum Gasteiger partial charge on any atom is -0.457 e. The minimum atomic E-state index is -1.15. The van der Waals surface area contributed by atoms with E-state index < -0.39 is 41.6 Å². The Morgan fingerprint density at radius 1 is 1.02 bits per heavy atom. The maximum atomic E-state index is 13.4. The molecule has 10 unspecified atom stereocenters. The van der Waals surface area contributed by atoms with Crippen LogP contribution in [-0.2, 0) is 23.7 Å². The highest BCUT2D eigenvalue weighted by molar-refractivity contribution is 5.70. The van der Waals surface area contributed by atoms with E-state index >= 15 is 0 Å². The number of aliphatic hydroxyl groups is 3. The summed E-state index contributed by atoms with van der Waals surface area (Å²) < 4.78 is 23.6. The lowest BCUT2D eigenvalue weighted by Gasteiger charge is -2.35. The molecule has 0 aromatic heterocycles. The maximum absolute atomic E-state index is 13.4. The molecule has 0 saturated carbocycles. The van der Waals surface area contributed by atoms with Gasteiger partial charge in [-0.15, -0.1) is 0 Å². The van der Waals surface area contributed by atoms with E-state index in [1.165, 1.54) is 6.92 Å². The van der Waals surface area contributed by atoms with Gasteiger partial charge < -0.3 is 44.1 Å². The number of amides is 1. The first kappa shape index (κ1) is 42.9. The first-order valence-corrected chi connectivity index (χ1v) is 18.2. The summed E-state index contributed by atoms with van der Waals surface area (Å²) in [6, 6.07) is 0. The second-order valence-electron chi connectivity index (χ2n) is 14.5. The zero-order chi connectivity index (χ0) is 36.9. The molecule has 1 amide bonds. The first-order chi connectivity index (χ1) is 23.0. The Morgan fingerprint density at radius 3 is 2.31 bits per heavy atom. The summed E-state index contributed by atoms with van der Waals surface area (Å²) in [5, 5.41) is 31.0. The van der Waals surface area contributed by atoms with Gasteiger partial charge in [-0.25, -0.2) is 4.79 Å². The van der Waals surface area contributed by atoms with E-state index in [-0.39, 0.29) is 36.6 Å². The molecule has 0 aromatic rings. The molecule has 0 aliphatic carbocycles. The third-order valence-corrected chi connectivity index (χ3v) is 10.1. The van der Waals surface area contributed by atoms with Crippen molar-refractivity contribution in [3.8, 4) is 0 Å². The molecule has 11 nitrogen and oxygen atoms in total. The number of esters is 1. The fraction of sp³-hybridized carbons (Fsp3) is 0.789. The van der Waals surface area contributed by atoms with Crippen LogP contribution in [0.25, 0.3) is 0 Å². The highest BCUT2D eigenvalue weighted by atomic mass is 16.6. The lowest BCUT2D eigenvalue weighted by Crippen LogP contribution is -2.46. The topological polar surface area (TPSA) is 142 Å². The molecule has 2 aliphatic rings. The molecule has 10 atom stereocenters. The fourth-order valence-corrected chi connectivity index (χ4v) is 6.26. The van der Waals surface area contributed by atoms with E-state index in [9.17, 15) is 24.9 Å². The van der Waals surface area contributed by atoms with Crippen LogP contribution in [0.5, 0.6) is 0 Å². The van der Waals surface area contributed by atoms with Crippen molar-refractivity contribution in [2.75, 3.05) is 39.8 Å². The average molecular weight is 695 g/mol. The van der Waals surface area contributed by atoms with E-state index in [0.29, 0.717) is 32.4 Å². The molecular formula is C38H66N2O9. The lowest BCUT2D eigenvalue weighted by molar-refractivity contribution is -0.150. The zero-order valence-corrected chi connectivity index (χ0v) is 31.8. The van der Waals surface area contributed by atoms with Gasteiger partial charge in [-0.2, -0.15) is 0 Å². The second kappa shape index (κ2) is 19.9. The highest BCUT2D eigenvalue weighted by Crippen LogP contribution is 2.37. The number of hydrogen-bond donors (Lipinski definition) is 3. The molecule has 2 heterocycles. The van der Waals surface area contributed by atoms with Gasteiger partial charge in [0.15, 0.2) is 6.10 Å². The SMILES string of the molecule is CCC(O)C(C)C1OC1CC(C)(O)/C=C/C=C(\C)C(OC(=O)CC(C)O)C(C)/C=C/C(OC(=O)N1CCCN(CC)CC1)C(C)(CC)OC. The summed E-state index contributed by atoms with van der Waals surface area (Å²) >= 11 is 0. The number of nitrogens with zero attached hydrogens (tertiary/aromatic N) is 2. The van der Waals surface area contributed by atoms with Crippen LogP contribution in [0.1, 0.15) is 94.4 Å². The molecule has 0 bridgehead atoms. The summed E-state index contributed by atoms with van der Waals surface area (Å²) in [5.41, 5.74) is -1.21. The van der Waals surface area contributed by atoms with E-state index in [0.717, 1.165) is 31.6 Å². The summed E-state index contributed by atoms with van der Waals surface area (Å²) in [5.74, 6) is -0.887. The van der Waals surface area contributed by atoms with E-state index in [2.05, 4.69) is 11.8 Å². The molecule has 49 heavy (non-hydrogen) atoms. The van der Waals surface area contributed by atoms with Gasteiger partial charge in [-0.1, -0.05) is 58.9 Å². The molecule has 0 radical (unpaired) electrons. The third-order valence-electron chi connectivity index (χ3n) is 10.1. The fourth-order valence-electron chi connectivity index (χ4n) is 6.26. The van der Waals surface area contributed by atoms with Gasteiger partial charge in [0.25, 0.3) is 0 Å². The van der Waals surface area contributed by atoms with Crippen LogP contribution in [0.2, 0.25) is 0 Å². The number of hydrogen-bond acceptors (Lipinski definition) is 10. The van der Waals surface area contributed by atoms with Gasteiger partial charge in [-0.3, -0.25) is 4.79 Å². The van der Waals surface area contributed by atoms with Crippen molar-refractivity contribution in [2.24, 2.45) is 11.8 Å². The van der Waals surface area contributed by atoms with Crippen LogP contribution >= 0.6 is 0 Å². The Morgan fingerprint density at radius 2 is 1.71 bits per heavy atom. The lowest BCUT2D eigenvalue weighted by atomic mass is 9.91. The van der Waals surface area contributed by atoms with Crippen LogP contribution in [-0.4, -0.2) is 125 Å². The summed E-state index contributed by atoms with van der Waals surface area (Å²) in [7, 11) is 1.60. The average Bonchev–Trinajstić information content (AvgIpc) is 3.85. The standard InChI is InChI=1S/C38H66N2O9/c1-11-30(42)29(7)35-31(47-35)25-37(8,45)19-14-16-26(4)34(49-33(43)24-28(6)41)27(5)17-18-32(38(9,12-2)46-10)48-36(44)40-21-15-20-39(13-3)22-23-40/h14,16-19,27-32,34-35,41-42,45H,11-13,15,20-25H2,1-10H3/b18-17+,19-14+,26-16+. The first-order valence-electron chi connectivity index (χ1n) is 18.2. The van der Waals surface area contributed by atoms with Crippen molar-refractivity contribution in [3.63, 3.8) is 0 Å². The molecule has 0 spiro atoms. The minimum absolute atomic E-state index is 0.00758. The third kappa shape index (κ3) is 13.8. The van der Waals surface area contributed by atoms with Crippen molar-refractivity contribution in [2.45, 2.75) is 142 Å². The molecule has 2 rings (SSSR count). The van der Waals surface area contributed by atoms with Crippen LogP contribution in [0.15, 0.2) is 36.0 Å². The van der Waals surface area contributed by atoms with Gasteiger partial charge >= 0.3 is 12.1 Å². The molecule has 2 saturated heterocycles. The highest BCUT2D eigenvalue weighted by Gasteiger charge is 2.47. The number of ether oxygens (including phenoxy) is 4. The molecule has 282 valence electrons. The molecule has 2 fully saturated rings. The van der Waals surface area contributed by atoms with Crippen molar-refractivity contribution in [1.82, 2.24) is 9.80 Å². The number of carbonyl (C=O) groups excluding carboxylic acids is 2. The Labute approximate surface area is 295 Å². The number of allylic oxidation sites excluding steroid dienone is 2. The van der Waals surface area contributed by atoms with Crippen LogP contribution in [0.4, 0.5) is 4.79 Å². The predicted molar refractivity (Wildman–Crippen MR) is 191 cm³/mol. The Bertz CT molecular complexity index is 1120. The Balaban J connectivity index is 2.24. The van der Waals surface area contributed by atoms with Crippen molar-refractivity contribution in [1.29, 1.82) is 0 Å². The monoisotopic (exact) mass is 694 g/mol. The van der Waals surface area contributed by atoms with Gasteiger partial charge in [0, 0.05) is 45.0 Å². The van der Waals surface area contributed by atoms with Crippen molar-refractivity contribution < 1.29 is 43.9 Å². The number of epoxide rings is 1. The van der Waals surface area contributed by atoms with Crippen LogP contribution in [0, 0.1) is 11.8 Å². The summed E-state index contributed by atoms with van der Waals surface area (Å²) in [6.07, 6.45) is 7.99. The smallest absolute Gasteiger partial charge is 0.410 e. The number of likely N-dealkylation sites (N-methyl/N-ethyl adjacent to an activating group) is 1. The van der Waals surface area contributed by atoms with Crippen LogP contribution in [0.3, 0.4) is 0 Å². The Hall–Kier alpha value is -2.28. The van der Waals surface area contributed by atoms with Gasteiger partial charge in [0.05, 0.1) is 36.4 Å². The van der Waals surface area contributed by atoms with E-state index in [1.54, 1.807) is 37.2 Å². The van der Waals surface area contributed by atoms with Gasteiger partial charge in [0.2, 0.25) is 0 Å². The number of rotatable bonds is 19. The molecule has 0 aromatic carbocycles. The Kier molecular flexibility index (Phi) is 17.4. The van der Waals surface area contributed by atoms with E-state index in [1.807, 2.05) is 53.7 Å². The summed E-state index contributed by atoms with van der Waals surface area (Å²) in [4.78, 5) is 30.2. The maximum Gasteiger partial charge on any atom is 0.410 e. The van der Waals surface area contributed by atoms with E-state index in [4.69, 9.17) is 18.9 Å². The molecule has 11 heteroatoms. The predicted octanol–water partition coefficient (Wildman–Crippen LogP) is 5.03. The van der Waals surface area contributed by atoms with Gasteiger partial charge in [0.1, 0.15) is 11.7 Å². The quantitative estimate of drug-likeness (QED) is 0.0730. The summed E-state index contributed by atoms with van der Waals surface area (Å²) in [6.45, 7) is 20.8. The number of methoxy groups -OCH3 is 1. The number of aliphatic hydroxyl groups excluding tert-OH is 2. The van der Waals surface area contributed by atoms with Gasteiger partial charge in [-0.05, 0) is 71.7 Å². The van der Waals surface area contributed by atoms with Crippen molar-refractivity contribution >= 4 is 12.1 Å². The zero-order valence-electron chi connectivity index (χ0n) is 31.8. The number of carbonyl (C=O) groups is 2. The molecular weight excluding hydrogens is 628 g/mol. The second-order valence-corrected chi connectivity index (χ2v) is 14.5. The normalized spacial score (nSPS) is 25.5. The largest absolute Gasteiger partial charge is 0.457 e. The molecule has 3 N–H and O–H groups in total. The molecule has 2 aliphatic heterocycles. The van der Waals surface area contributed by atoms with Crippen molar-refractivity contribution in [3.05, 3.63) is 36.0 Å². The van der Waals surface area contributed by atoms with Crippen LogP contribution < -0.4 is 0 Å².